The van der Waals surface area contributed by atoms with Crippen LogP contribution in [0.4, 0.5) is 0 Å². The standard InChI is InChI=1S/C11H21NO7/c1-5(2)7(10(17)18)12-11(4-14)9(16)8(15)6(3-13)19-11/h5-9,12-16H,3-4H2,1-2H3,(H,17,18). The highest BCUT2D eigenvalue weighted by atomic mass is 16.6. The fraction of sp³-hybridized carbons (Fsp3) is 0.909. The molecule has 1 aliphatic rings. The topological polar surface area (TPSA) is 139 Å². The Morgan fingerprint density at radius 1 is 1.37 bits per heavy atom. The number of ether oxygens (including phenoxy) is 1. The molecule has 5 atom stereocenters. The van der Waals surface area contributed by atoms with Crippen molar-refractivity contribution in [1.82, 2.24) is 5.32 Å². The molecule has 1 aliphatic heterocycles. The Morgan fingerprint density at radius 3 is 2.26 bits per heavy atom. The number of rotatable bonds is 6. The molecular formula is C11H21NO7. The van der Waals surface area contributed by atoms with E-state index in [0.717, 1.165) is 0 Å². The second kappa shape index (κ2) is 6.12. The summed E-state index contributed by atoms with van der Waals surface area (Å²) >= 11 is 0. The zero-order valence-electron chi connectivity index (χ0n) is 10.9. The van der Waals surface area contributed by atoms with Crippen LogP contribution < -0.4 is 5.32 Å². The summed E-state index contributed by atoms with van der Waals surface area (Å²) in [6, 6.07) is -1.08. The van der Waals surface area contributed by atoms with Gasteiger partial charge >= 0.3 is 5.97 Å². The summed E-state index contributed by atoms with van der Waals surface area (Å²) in [6.07, 6.45) is -4.04. The lowest BCUT2D eigenvalue weighted by atomic mass is 9.98. The molecule has 0 aromatic rings. The summed E-state index contributed by atoms with van der Waals surface area (Å²) in [6.45, 7) is 2.01. The zero-order chi connectivity index (χ0) is 14.8. The number of aliphatic hydroxyl groups is 4. The SMILES string of the molecule is CC(C)C(NC1(CO)OC(CO)C(O)C1O)C(=O)O. The highest BCUT2D eigenvalue weighted by Gasteiger charge is 2.55. The molecule has 5 unspecified atom stereocenters. The third-order valence-corrected chi connectivity index (χ3v) is 3.29. The van der Waals surface area contributed by atoms with E-state index in [0.29, 0.717) is 0 Å². The molecule has 0 spiro atoms. The highest BCUT2D eigenvalue weighted by molar-refractivity contribution is 5.73. The van der Waals surface area contributed by atoms with E-state index in [-0.39, 0.29) is 5.92 Å². The van der Waals surface area contributed by atoms with E-state index >= 15 is 0 Å². The summed E-state index contributed by atoms with van der Waals surface area (Å²) in [4.78, 5) is 11.1. The number of carboxylic acid groups (broad SMARTS) is 1. The molecule has 8 heteroatoms. The molecule has 0 aromatic carbocycles. The minimum atomic E-state index is -1.81. The van der Waals surface area contributed by atoms with Gasteiger partial charge in [0.2, 0.25) is 0 Å². The molecule has 112 valence electrons. The number of aliphatic carboxylic acids is 1. The van der Waals surface area contributed by atoms with E-state index in [4.69, 9.17) is 14.9 Å². The van der Waals surface area contributed by atoms with Crippen LogP contribution in [-0.4, -0.2) is 74.8 Å². The lowest BCUT2D eigenvalue weighted by molar-refractivity contribution is -0.160. The molecule has 0 aliphatic carbocycles. The van der Waals surface area contributed by atoms with Crippen molar-refractivity contribution in [3.05, 3.63) is 0 Å². The third-order valence-electron chi connectivity index (χ3n) is 3.29. The summed E-state index contributed by atoms with van der Waals surface area (Å²) in [5, 5.41) is 49.6. The Balaban J connectivity index is 2.95. The lowest BCUT2D eigenvalue weighted by Crippen LogP contribution is -2.63. The number of hydrogen-bond acceptors (Lipinski definition) is 7. The summed E-state index contributed by atoms with van der Waals surface area (Å²) in [5.74, 6) is -1.50. The Morgan fingerprint density at radius 2 is 1.95 bits per heavy atom. The van der Waals surface area contributed by atoms with Crippen molar-refractivity contribution in [1.29, 1.82) is 0 Å². The van der Waals surface area contributed by atoms with Crippen molar-refractivity contribution < 1.29 is 35.1 Å². The molecule has 1 fully saturated rings. The number of hydrogen-bond donors (Lipinski definition) is 6. The second-order valence-electron chi connectivity index (χ2n) is 5.03. The number of nitrogens with one attached hydrogen (secondary N) is 1. The van der Waals surface area contributed by atoms with Crippen LogP contribution in [0.1, 0.15) is 13.8 Å². The van der Waals surface area contributed by atoms with Gasteiger partial charge in [-0.15, -0.1) is 0 Å². The van der Waals surface area contributed by atoms with Crippen molar-refractivity contribution in [3.63, 3.8) is 0 Å². The van der Waals surface area contributed by atoms with Gasteiger partial charge in [0.15, 0.2) is 5.72 Å². The smallest absolute Gasteiger partial charge is 0.321 e. The minimum Gasteiger partial charge on any atom is -0.480 e. The van der Waals surface area contributed by atoms with Gasteiger partial charge in [0, 0.05) is 0 Å². The van der Waals surface area contributed by atoms with Crippen molar-refractivity contribution in [2.75, 3.05) is 13.2 Å². The monoisotopic (exact) mass is 279 g/mol. The van der Waals surface area contributed by atoms with E-state index in [2.05, 4.69) is 5.32 Å². The van der Waals surface area contributed by atoms with Gasteiger partial charge in [-0.05, 0) is 5.92 Å². The number of carbonyl (C=O) groups is 1. The molecule has 1 saturated heterocycles. The maximum Gasteiger partial charge on any atom is 0.321 e. The van der Waals surface area contributed by atoms with Crippen molar-refractivity contribution >= 4 is 5.97 Å². The quantitative estimate of drug-likeness (QED) is 0.313. The highest BCUT2D eigenvalue weighted by Crippen LogP contribution is 2.30. The van der Waals surface area contributed by atoms with Crippen LogP contribution in [0.5, 0.6) is 0 Å². The van der Waals surface area contributed by atoms with Crippen LogP contribution in [0.3, 0.4) is 0 Å². The fourth-order valence-corrected chi connectivity index (χ4v) is 2.11. The second-order valence-corrected chi connectivity index (χ2v) is 5.03. The lowest BCUT2D eigenvalue weighted by Gasteiger charge is -2.35. The first-order chi connectivity index (χ1) is 8.79. The molecule has 1 heterocycles. The first kappa shape index (κ1) is 16.3. The van der Waals surface area contributed by atoms with E-state index in [1.165, 1.54) is 0 Å². The first-order valence-corrected chi connectivity index (χ1v) is 6.05. The van der Waals surface area contributed by atoms with Gasteiger partial charge in [-0.25, -0.2) is 0 Å². The Bertz CT molecular complexity index is 324. The maximum absolute atomic E-state index is 11.1. The van der Waals surface area contributed by atoms with Crippen molar-refractivity contribution in [3.8, 4) is 0 Å². The minimum absolute atomic E-state index is 0.331. The molecule has 1 rings (SSSR count). The molecule has 19 heavy (non-hydrogen) atoms. The van der Waals surface area contributed by atoms with Gasteiger partial charge in [-0.1, -0.05) is 13.8 Å². The predicted octanol–water partition coefficient (Wildman–Crippen LogP) is -2.51. The average Bonchev–Trinajstić information content (AvgIpc) is 2.60. The van der Waals surface area contributed by atoms with E-state index in [1.807, 2.05) is 0 Å². The van der Waals surface area contributed by atoms with Gasteiger partial charge < -0.3 is 30.3 Å². The zero-order valence-corrected chi connectivity index (χ0v) is 10.9. The van der Waals surface area contributed by atoms with Crippen LogP contribution in [0.25, 0.3) is 0 Å². The molecule has 0 saturated carbocycles. The van der Waals surface area contributed by atoms with Crippen LogP contribution in [0.2, 0.25) is 0 Å². The molecule has 0 bridgehead atoms. The van der Waals surface area contributed by atoms with Crippen molar-refractivity contribution in [2.45, 2.75) is 43.9 Å². The normalized spacial score (nSPS) is 36.7. The van der Waals surface area contributed by atoms with Crippen LogP contribution in [0, 0.1) is 5.92 Å². The van der Waals surface area contributed by atoms with Gasteiger partial charge in [-0.2, -0.15) is 0 Å². The summed E-state index contributed by atoms with van der Waals surface area (Å²) in [7, 11) is 0. The van der Waals surface area contributed by atoms with Gasteiger partial charge in [0.05, 0.1) is 13.2 Å². The summed E-state index contributed by atoms with van der Waals surface area (Å²) < 4.78 is 5.23. The van der Waals surface area contributed by atoms with Gasteiger partial charge in [0.1, 0.15) is 24.4 Å². The van der Waals surface area contributed by atoms with E-state index < -0.39 is 49.3 Å². The first-order valence-electron chi connectivity index (χ1n) is 6.05. The Labute approximate surface area is 110 Å². The van der Waals surface area contributed by atoms with Crippen molar-refractivity contribution in [2.24, 2.45) is 5.92 Å². The van der Waals surface area contributed by atoms with Crippen LogP contribution in [-0.2, 0) is 9.53 Å². The molecular weight excluding hydrogens is 258 g/mol. The van der Waals surface area contributed by atoms with Gasteiger partial charge in [-0.3, -0.25) is 10.1 Å². The van der Waals surface area contributed by atoms with Crippen LogP contribution in [0.15, 0.2) is 0 Å². The molecule has 6 N–H and O–H groups in total. The van der Waals surface area contributed by atoms with Crippen LogP contribution >= 0.6 is 0 Å². The Hall–Kier alpha value is -0.770. The molecule has 0 aromatic heterocycles. The predicted molar refractivity (Wildman–Crippen MR) is 63.2 cm³/mol. The van der Waals surface area contributed by atoms with E-state index in [1.54, 1.807) is 13.8 Å². The molecule has 0 amide bonds. The van der Waals surface area contributed by atoms with E-state index in [9.17, 15) is 20.1 Å². The third kappa shape index (κ3) is 3.04. The largest absolute Gasteiger partial charge is 0.480 e. The molecule has 0 radical (unpaired) electrons. The average molecular weight is 279 g/mol. The number of aliphatic hydroxyl groups excluding tert-OH is 4. The fourth-order valence-electron chi connectivity index (χ4n) is 2.11. The number of carboxylic acids is 1. The van der Waals surface area contributed by atoms with Gasteiger partial charge in [0.25, 0.3) is 0 Å². The summed E-state index contributed by atoms with van der Waals surface area (Å²) in [5.41, 5.74) is -1.81. The Kier molecular flexibility index (Phi) is 5.25. The molecule has 8 nitrogen and oxygen atoms in total. The maximum atomic E-state index is 11.1.